The first-order valence-electron chi connectivity index (χ1n) is 36.4. The van der Waals surface area contributed by atoms with Gasteiger partial charge in [-0.3, -0.25) is 4.79 Å². The molecule has 12 atom stereocenters. The number of aliphatic hydroxyl groups excluding tert-OH is 8. The lowest BCUT2D eigenvalue weighted by Gasteiger charge is -2.46. The van der Waals surface area contributed by atoms with E-state index in [1.54, 1.807) is 6.08 Å². The molecule has 0 aromatic carbocycles. The summed E-state index contributed by atoms with van der Waals surface area (Å²) in [5, 5.41) is 87.3. The third-order valence-corrected chi connectivity index (χ3v) is 16.8. The van der Waals surface area contributed by atoms with Gasteiger partial charge in [0.2, 0.25) is 5.91 Å². The van der Waals surface area contributed by atoms with Gasteiger partial charge in [-0.2, -0.15) is 0 Å². The number of unbranched alkanes of at least 4 members (excludes halogenated alkanes) is 25. The van der Waals surface area contributed by atoms with E-state index >= 15 is 0 Å². The summed E-state index contributed by atoms with van der Waals surface area (Å²) in [6.45, 7) is 2.65. The van der Waals surface area contributed by atoms with Gasteiger partial charge in [0.05, 0.1) is 32.0 Å². The molecule has 2 heterocycles. The molecular weight excluding hydrogens is 1160 g/mol. The number of nitrogens with one attached hydrogen (secondary N) is 1. The molecule has 12 unspecified atom stereocenters. The van der Waals surface area contributed by atoms with Crippen LogP contribution in [-0.2, 0) is 23.7 Å². The van der Waals surface area contributed by atoms with Crippen LogP contribution in [0.4, 0.5) is 0 Å². The molecule has 0 bridgehead atoms. The molecule has 14 nitrogen and oxygen atoms in total. The molecule has 2 aliphatic rings. The van der Waals surface area contributed by atoms with E-state index < -0.39 is 86.8 Å². The maximum atomic E-state index is 13.3. The number of aliphatic hydroxyl groups is 8. The summed E-state index contributed by atoms with van der Waals surface area (Å²) in [4.78, 5) is 13.3. The molecule has 9 N–H and O–H groups in total. The molecule has 0 spiro atoms. The Bertz CT molecular complexity index is 2060. The van der Waals surface area contributed by atoms with E-state index in [1.807, 2.05) is 6.08 Å². The van der Waals surface area contributed by atoms with E-state index in [9.17, 15) is 45.6 Å². The lowest BCUT2D eigenvalue weighted by molar-refractivity contribution is -0.359. The lowest BCUT2D eigenvalue weighted by Crippen LogP contribution is -2.65. The zero-order chi connectivity index (χ0) is 66.6. The molecule has 1 amide bonds. The van der Waals surface area contributed by atoms with Gasteiger partial charge in [-0.05, 0) is 109 Å². The lowest BCUT2D eigenvalue weighted by atomic mass is 9.97. The molecule has 2 fully saturated rings. The highest BCUT2D eigenvalue weighted by Crippen LogP contribution is 2.30. The summed E-state index contributed by atoms with van der Waals surface area (Å²) in [6, 6.07) is -0.945. The van der Waals surface area contributed by atoms with Crippen LogP contribution >= 0.6 is 0 Å². The first-order valence-corrected chi connectivity index (χ1v) is 36.4. The Kier molecular flexibility index (Phi) is 55.6. The fourth-order valence-electron chi connectivity index (χ4n) is 11.0. The summed E-state index contributed by atoms with van der Waals surface area (Å²) in [6.07, 6.45) is 73.7. The van der Waals surface area contributed by atoms with Gasteiger partial charge in [-0.15, -0.1) is 0 Å². The van der Waals surface area contributed by atoms with Crippen molar-refractivity contribution in [1.29, 1.82) is 0 Å². The standard InChI is InChI=1S/C78H131NO13/c1-3-5-7-9-11-13-15-17-19-21-22-23-24-25-26-27-28-29-30-31-32-33-34-35-36-37-38-39-40-41-42-43-44-46-48-50-52-54-56-58-60-62-70(83)79-66(67(82)61-59-57-55-53-51-49-47-45-20-18-16-14-12-10-8-6-4-2)65-89-77-75(88)73(86)76(69(64-81)91-77)92-78-74(87)72(85)71(84)68(63-80)90-78/h5,7,11,13,17,19-20,22-23,25-26,28-29,31-32,34-35,45,51,53,59,61,66-69,71-78,80-82,84-88H,3-4,6,8-10,12,14-16,18,21,24,27,30,33,36-44,46-50,52,54-58,60,62-65H2,1-2H3,(H,79,83)/b7-5-,13-11-,19-17-,23-22-,26-25-,29-28-,32-31-,35-34-,45-20+,53-51+,61-59+. The zero-order valence-electron chi connectivity index (χ0n) is 57.2. The van der Waals surface area contributed by atoms with Gasteiger partial charge in [-0.1, -0.05) is 276 Å². The summed E-state index contributed by atoms with van der Waals surface area (Å²) < 4.78 is 22.8. The van der Waals surface area contributed by atoms with E-state index in [0.717, 1.165) is 96.3 Å². The van der Waals surface area contributed by atoms with Crippen LogP contribution in [-0.4, -0.2) is 140 Å². The van der Waals surface area contributed by atoms with Gasteiger partial charge < -0.3 is 65.1 Å². The highest BCUT2D eigenvalue weighted by Gasteiger charge is 2.51. The van der Waals surface area contributed by atoms with Gasteiger partial charge in [0.25, 0.3) is 0 Å². The first-order chi connectivity index (χ1) is 45.1. The summed E-state index contributed by atoms with van der Waals surface area (Å²) in [5.41, 5.74) is 0. The highest BCUT2D eigenvalue weighted by molar-refractivity contribution is 5.76. The molecular formula is C78H131NO13. The zero-order valence-corrected chi connectivity index (χ0v) is 57.2. The van der Waals surface area contributed by atoms with Crippen LogP contribution < -0.4 is 5.32 Å². The Morgan fingerprint density at radius 3 is 1.20 bits per heavy atom. The molecule has 2 rings (SSSR count). The Labute approximate surface area is 558 Å². The molecule has 0 aromatic heterocycles. The molecule has 2 aliphatic heterocycles. The van der Waals surface area contributed by atoms with Crippen molar-refractivity contribution in [2.75, 3.05) is 19.8 Å². The monoisotopic (exact) mass is 1290 g/mol. The molecule has 0 saturated carbocycles. The van der Waals surface area contributed by atoms with Crippen molar-refractivity contribution in [3.05, 3.63) is 134 Å². The number of hydrogen-bond acceptors (Lipinski definition) is 13. The van der Waals surface area contributed by atoms with E-state index in [0.29, 0.717) is 12.8 Å². The molecule has 92 heavy (non-hydrogen) atoms. The maximum absolute atomic E-state index is 13.3. The number of carbonyl (C=O) groups is 1. The second-order valence-corrected chi connectivity index (χ2v) is 25.0. The minimum Gasteiger partial charge on any atom is -0.394 e. The van der Waals surface area contributed by atoms with Gasteiger partial charge in [0.1, 0.15) is 48.8 Å². The molecule has 0 radical (unpaired) electrons. The van der Waals surface area contributed by atoms with Crippen molar-refractivity contribution in [3.63, 3.8) is 0 Å². The quantitative estimate of drug-likeness (QED) is 0.0204. The SMILES string of the molecule is CC/C=C\C/C=C\C/C=C\C/C=C\C/C=C\C/C=C\C/C=C\C/C=C\CCCCCCCCCCCCCCCCCCC(=O)NC(COC1OC(CO)C(OC2OC(CO)C(O)C(O)C2O)C(O)C1O)C(O)/C=C/CC/C=C/CC/C=C/CCCCCCCCC. The van der Waals surface area contributed by atoms with Crippen molar-refractivity contribution in [2.45, 2.75) is 331 Å². The third-order valence-electron chi connectivity index (χ3n) is 16.8. The smallest absolute Gasteiger partial charge is 0.220 e. The number of allylic oxidation sites excluding steroid dienone is 21. The van der Waals surface area contributed by atoms with Crippen LogP contribution in [0.15, 0.2) is 134 Å². The minimum absolute atomic E-state index is 0.256. The van der Waals surface area contributed by atoms with Crippen LogP contribution in [0.2, 0.25) is 0 Å². The average molecular weight is 1290 g/mol. The number of ether oxygens (including phenoxy) is 4. The van der Waals surface area contributed by atoms with Crippen molar-refractivity contribution in [1.82, 2.24) is 5.32 Å². The van der Waals surface area contributed by atoms with Gasteiger partial charge in [0.15, 0.2) is 12.6 Å². The Morgan fingerprint density at radius 1 is 0.402 bits per heavy atom. The maximum Gasteiger partial charge on any atom is 0.220 e. The minimum atomic E-state index is -1.80. The number of carbonyl (C=O) groups excluding carboxylic acids is 1. The topological polar surface area (TPSA) is 228 Å². The van der Waals surface area contributed by atoms with Gasteiger partial charge in [0, 0.05) is 6.42 Å². The van der Waals surface area contributed by atoms with Crippen LogP contribution in [0.25, 0.3) is 0 Å². The second kappa shape index (κ2) is 60.8. The predicted molar refractivity (Wildman–Crippen MR) is 378 cm³/mol. The van der Waals surface area contributed by atoms with Crippen LogP contribution in [0.5, 0.6) is 0 Å². The highest BCUT2D eigenvalue weighted by atomic mass is 16.7. The Hall–Kier alpha value is -3.87. The van der Waals surface area contributed by atoms with E-state index in [4.69, 9.17) is 18.9 Å². The molecule has 0 aromatic rings. The number of hydrogen-bond donors (Lipinski definition) is 9. The van der Waals surface area contributed by atoms with Crippen molar-refractivity contribution in [2.24, 2.45) is 0 Å². The van der Waals surface area contributed by atoms with Crippen molar-refractivity contribution in [3.8, 4) is 0 Å². The van der Waals surface area contributed by atoms with Gasteiger partial charge >= 0.3 is 0 Å². The summed E-state index contributed by atoms with van der Waals surface area (Å²) in [7, 11) is 0. The second-order valence-electron chi connectivity index (χ2n) is 25.0. The normalized spacial score (nSPS) is 23.5. The van der Waals surface area contributed by atoms with E-state index in [-0.39, 0.29) is 18.9 Å². The largest absolute Gasteiger partial charge is 0.394 e. The third kappa shape index (κ3) is 44.0. The average Bonchev–Trinajstić information content (AvgIpc) is 0.856. The molecule has 14 heteroatoms. The summed E-state index contributed by atoms with van der Waals surface area (Å²) in [5.74, 6) is -0.256. The summed E-state index contributed by atoms with van der Waals surface area (Å²) >= 11 is 0. The van der Waals surface area contributed by atoms with Crippen LogP contribution in [0.1, 0.15) is 258 Å². The van der Waals surface area contributed by atoms with Crippen LogP contribution in [0.3, 0.4) is 0 Å². The predicted octanol–water partition coefficient (Wildman–Crippen LogP) is 15.5. The van der Waals surface area contributed by atoms with Crippen molar-refractivity contribution >= 4 is 5.91 Å². The molecule has 2 saturated heterocycles. The molecule has 0 aliphatic carbocycles. The Morgan fingerprint density at radius 2 is 0.761 bits per heavy atom. The number of amides is 1. The fourth-order valence-corrected chi connectivity index (χ4v) is 11.0. The van der Waals surface area contributed by atoms with Crippen molar-refractivity contribution < 1.29 is 64.6 Å². The van der Waals surface area contributed by atoms with E-state index in [2.05, 4.69) is 141 Å². The van der Waals surface area contributed by atoms with E-state index in [1.165, 1.54) is 128 Å². The Balaban J connectivity index is 1.60. The fraction of sp³-hybridized carbons (Fsp3) is 0.705. The molecule has 526 valence electrons. The van der Waals surface area contributed by atoms with Gasteiger partial charge in [-0.25, -0.2) is 0 Å². The number of rotatable bonds is 58. The first kappa shape index (κ1) is 84.2. The van der Waals surface area contributed by atoms with Crippen LogP contribution in [0, 0.1) is 0 Å².